The standard InChI is InChI=1S/C29H31N5O2/c35-29-25(16-23-15-21(6-8-27(23)33-29)24-18-30-31-19-24)28-17-22-14-20(5-7-26(22)32-28)4-1-2-9-34-10-3-12-36-13-11-34/h5-8,14-19,32H,1-4,9-13H2,(H,30,31)(H,33,35). The lowest BCUT2D eigenvalue weighted by Gasteiger charge is -2.18. The molecule has 7 nitrogen and oxygen atoms in total. The first-order valence-electron chi connectivity index (χ1n) is 12.8. The molecule has 1 aliphatic heterocycles. The first-order valence-corrected chi connectivity index (χ1v) is 12.8. The third kappa shape index (κ3) is 4.85. The Morgan fingerprint density at radius 2 is 1.78 bits per heavy atom. The van der Waals surface area contributed by atoms with Crippen molar-refractivity contribution in [3.05, 3.63) is 76.8 Å². The highest BCUT2D eigenvalue weighted by atomic mass is 16.5. The zero-order valence-corrected chi connectivity index (χ0v) is 20.3. The van der Waals surface area contributed by atoms with Crippen LogP contribution in [0.1, 0.15) is 24.8 Å². The monoisotopic (exact) mass is 481 g/mol. The van der Waals surface area contributed by atoms with Gasteiger partial charge in [0.2, 0.25) is 0 Å². The first-order chi connectivity index (χ1) is 17.7. The summed E-state index contributed by atoms with van der Waals surface area (Å²) >= 11 is 0. The highest BCUT2D eigenvalue weighted by molar-refractivity contribution is 5.90. The quantitative estimate of drug-likeness (QED) is 0.282. The number of ether oxygens (including phenoxy) is 1. The molecule has 0 saturated carbocycles. The van der Waals surface area contributed by atoms with Crippen LogP contribution in [0.2, 0.25) is 0 Å². The van der Waals surface area contributed by atoms with Crippen LogP contribution >= 0.6 is 0 Å². The van der Waals surface area contributed by atoms with Crippen molar-refractivity contribution in [3.8, 4) is 22.4 Å². The lowest BCUT2D eigenvalue weighted by Crippen LogP contribution is -2.27. The van der Waals surface area contributed by atoms with E-state index in [0.717, 1.165) is 84.3 Å². The predicted octanol–water partition coefficient (Wildman–Crippen LogP) is 5.11. The molecule has 4 heterocycles. The van der Waals surface area contributed by atoms with Crippen molar-refractivity contribution in [1.29, 1.82) is 0 Å². The van der Waals surface area contributed by atoms with E-state index in [-0.39, 0.29) is 5.56 Å². The van der Waals surface area contributed by atoms with Gasteiger partial charge in [-0.2, -0.15) is 5.10 Å². The number of H-pyrrole nitrogens is 3. The van der Waals surface area contributed by atoms with Crippen molar-refractivity contribution in [2.45, 2.75) is 25.7 Å². The van der Waals surface area contributed by atoms with Gasteiger partial charge in [0.1, 0.15) is 0 Å². The van der Waals surface area contributed by atoms with Crippen LogP contribution in [0.4, 0.5) is 0 Å². The van der Waals surface area contributed by atoms with E-state index in [2.05, 4.69) is 55.4 Å². The number of nitrogens with one attached hydrogen (secondary N) is 3. The zero-order chi connectivity index (χ0) is 24.3. The molecule has 0 aliphatic carbocycles. The van der Waals surface area contributed by atoms with Crippen molar-refractivity contribution >= 4 is 21.8 Å². The van der Waals surface area contributed by atoms with Crippen LogP contribution in [0.3, 0.4) is 0 Å². The fourth-order valence-corrected chi connectivity index (χ4v) is 5.16. The molecule has 6 rings (SSSR count). The summed E-state index contributed by atoms with van der Waals surface area (Å²) in [7, 11) is 0. The molecule has 36 heavy (non-hydrogen) atoms. The fraction of sp³-hybridized carbons (Fsp3) is 0.310. The van der Waals surface area contributed by atoms with Crippen molar-refractivity contribution in [1.82, 2.24) is 25.1 Å². The number of unbranched alkanes of at least 4 members (excludes halogenated alkanes) is 1. The van der Waals surface area contributed by atoms with Crippen LogP contribution < -0.4 is 5.56 Å². The van der Waals surface area contributed by atoms with E-state index < -0.39 is 0 Å². The molecule has 1 fully saturated rings. The second-order valence-electron chi connectivity index (χ2n) is 9.67. The molecule has 1 aliphatic rings. The molecule has 0 radical (unpaired) electrons. The number of pyridine rings is 1. The van der Waals surface area contributed by atoms with E-state index in [1.54, 1.807) is 6.20 Å². The summed E-state index contributed by atoms with van der Waals surface area (Å²) in [5.74, 6) is 0. The Morgan fingerprint density at radius 1 is 0.889 bits per heavy atom. The molecule has 5 aromatic rings. The van der Waals surface area contributed by atoms with Crippen molar-refractivity contribution < 1.29 is 4.74 Å². The van der Waals surface area contributed by atoms with Crippen LogP contribution in [-0.2, 0) is 11.2 Å². The summed E-state index contributed by atoms with van der Waals surface area (Å²) in [6.45, 7) is 5.10. The van der Waals surface area contributed by atoms with Crippen molar-refractivity contribution in [2.24, 2.45) is 0 Å². The maximum absolute atomic E-state index is 12.9. The summed E-state index contributed by atoms with van der Waals surface area (Å²) < 4.78 is 5.55. The molecule has 3 N–H and O–H groups in total. The molecule has 0 amide bonds. The summed E-state index contributed by atoms with van der Waals surface area (Å²) in [5.41, 5.74) is 6.66. The van der Waals surface area contributed by atoms with Gasteiger partial charge in [0, 0.05) is 47.9 Å². The molecule has 1 saturated heterocycles. The zero-order valence-electron chi connectivity index (χ0n) is 20.3. The van der Waals surface area contributed by atoms with Gasteiger partial charge in [-0.3, -0.25) is 9.89 Å². The molecular formula is C29H31N5O2. The molecule has 0 unspecified atom stereocenters. The summed E-state index contributed by atoms with van der Waals surface area (Å²) in [4.78, 5) is 21.9. The SMILES string of the molecule is O=c1[nH]c2ccc(-c3cn[nH]c3)cc2cc1-c1cc2cc(CCCCN3CCCOCC3)ccc2[nH]1. The lowest BCUT2D eigenvalue weighted by atomic mass is 10.0. The average molecular weight is 482 g/mol. The second-order valence-corrected chi connectivity index (χ2v) is 9.67. The van der Waals surface area contributed by atoms with E-state index in [4.69, 9.17) is 4.74 Å². The van der Waals surface area contributed by atoms with E-state index in [9.17, 15) is 4.79 Å². The van der Waals surface area contributed by atoms with E-state index in [1.165, 1.54) is 18.4 Å². The minimum Gasteiger partial charge on any atom is -0.380 e. The van der Waals surface area contributed by atoms with Crippen molar-refractivity contribution in [3.63, 3.8) is 0 Å². The smallest absolute Gasteiger partial charge is 0.257 e. The van der Waals surface area contributed by atoms with Crippen molar-refractivity contribution in [2.75, 3.05) is 32.8 Å². The molecule has 2 aromatic carbocycles. The first kappa shape index (κ1) is 22.8. The van der Waals surface area contributed by atoms with Crippen LogP contribution in [0, 0.1) is 0 Å². The Bertz CT molecular complexity index is 1520. The van der Waals surface area contributed by atoms with Gasteiger partial charge in [-0.1, -0.05) is 12.1 Å². The summed E-state index contributed by atoms with van der Waals surface area (Å²) in [5, 5.41) is 9.02. The number of fused-ring (bicyclic) bond motifs is 2. The number of nitrogens with zero attached hydrogens (tertiary/aromatic N) is 2. The third-order valence-corrected chi connectivity index (χ3v) is 7.16. The molecular weight excluding hydrogens is 450 g/mol. The molecule has 7 heteroatoms. The molecule has 0 bridgehead atoms. The van der Waals surface area contributed by atoms with Gasteiger partial charge in [-0.05, 0) is 85.1 Å². The van der Waals surface area contributed by atoms with Gasteiger partial charge in [0.25, 0.3) is 5.56 Å². The molecule has 184 valence electrons. The Kier molecular flexibility index (Phi) is 6.40. The highest BCUT2D eigenvalue weighted by Gasteiger charge is 2.12. The van der Waals surface area contributed by atoms with E-state index in [0.29, 0.717) is 5.56 Å². The number of rotatable bonds is 7. The van der Waals surface area contributed by atoms with E-state index in [1.807, 2.05) is 24.4 Å². The number of aromatic amines is 3. The van der Waals surface area contributed by atoms with Gasteiger partial charge >= 0.3 is 0 Å². The largest absolute Gasteiger partial charge is 0.380 e. The van der Waals surface area contributed by atoms with Crippen LogP contribution in [0.25, 0.3) is 44.2 Å². The molecule has 0 atom stereocenters. The number of aryl methyl sites for hydroxylation is 1. The Balaban J connectivity index is 1.19. The van der Waals surface area contributed by atoms with Gasteiger partial charge in [-0.15, -0.1) is 0 Å². The van der Waals surface area contributed by atoms with Gasteiger partial charge < -0.3 is 19.6 Å². The van der Waals surface area contributed by atoms with E-state index >= 15 is 0 Å². The van der Waals surface area contributed by atoms with Crippen LogP contribution in [0.15, 0.2) is 65.7 Å². The topological polar surface area (TPSA) is 89.8 Å². The molecule has 3 aromatic heterocycles. The number of hydrogen-bond donors (Lipinski definition) is 3. The minimum absolute atomic E-state index is 0.0933. The van der Waals surface area contributed by atoms with Gasteiger partial charge in [-0.25, -0.2) is 0 Å². The summed E-state index contributed by atoms with van der Waals surface area (Å²) in [6, 6.07) is 16.7. The second kappa shape index (κ2) is 10.1. The lowest BCUT2D eigenvalue weighted by molar-refractivity contribution is 0.141. The minimum atomic E-state index is -0.0933. The average Bonchev–Trinajstić information content (AvgIpc) is 3.51. The normalized spacial score (nSPS) is 15.0. The fourth-order valence-electron chi connectivity index (χ4n) is 5.16. The van der Waals surface area contributed by atoms with Crippen LogP contribution in [0.5, 0.6) is 0 Å². The van der Waals surface area contributed by atoms with Gasteiger partial charge in [0.15, 0.2) is 0 Å². The Labute approximate surface area is 209 Å². The summed E-state index contributed by atoms with van der Waals surface area (Å²) in [6.07, 6.45) is 8.24. The Morgan fingerprint density at radius 3 is 2.69 bits per heavy atom. The highest BCUT2D eigenvalue weighted by Crippen LogP contribution is 2.27. The maximum atomic E-state index is 12.9. The maximum Gasteiger partial charge on any atom is 0.257 e. The Hall–Kier alpha value is -3.68. The van der Waals surface area contributed by atoms with Gasteiger partial charge in [0.05, 0.1) is 24.1 Å². The predicted molar refractivity (Wildman–Crippen MR) is 144 cm³/mol. The number of benzene rings is 2. The number of hydrogen-bond acceptors (Lipinski definition) is 4. The third-order valence-electron chi connectivity index (χ3n) is 7.16. The van der Waals surface area contributed by atoms with Crippen LogP contribution in [-0.4, -0.2) is 57.9 Å². The number of aromatic nitrogens is 4. The molecule has 0 spiro atoms.